The molecule has 0 fully saturated rings. The van der Waals surface area contributed by atoms with Gasteiger partial charge in [0.25, 0.3) is 0 Å². The van der Waals surface area contributed by atoms with Crippen LogP contribution in [0.2, 0.25) is 25.7 Å². The molecule has 0 saturated carbocycles. The summed E-state index contributed by atoms with van der Waals surface area (Å²) in [7, 11) is -0.593. The van der Waals surface area contributed by atoms with E-state index in [0.29, 0.717) is 0 Å². The van der Waals surface area contributed by atoms with Gasteiger partial charge in [-0.05, 0) is 31.5 Å². The highest BCUT2D eigenvalue weighted by atomic mass is 31.3. The third-order valence-electron chi connectivity index (χ3n) is 2.35. The first-order valence-electron chi connectivity index (χ1n) is 5.35. The van der Waals surface area contributed by atoms with Crippen molar-refractivity contribution in [1.29, 1.82) is 0 Å². The van der Waals surface area contributed by atoms with Crippen molar-refractivity contribution in [2.45, 2.75) is 45.5 Å². The van der Waals surface area contributed by atoms with Crippen molar-refractivity contribution >= 4 is 24.4 Å². The molecule has 0 spiro atoms. The molecule has 0 aliphatic heterocycles. The molecule has 5 heteroatoms. The average Bonchev–Trinajstić information content (AvgIpc) is 2.10. The topological polar surface area (TPSA) is 29.5 Å². The van der Waals surface area contributed by atoms with Crippen molar-refractivity contribution in [3.8, 4) is 0 Å². The Morgan fingerprint density at radius 2 is 1.86 bits per heavy atom. The fraction of sp³-hybridized carbons (Fsp3) is 1.00. The van der Waals surface area contributed by atoms with Gasteiger partial charge < -0.3 is 9.22 Å². The first kappa shape index (κ1) is 14.8. The zero-order valence-corrected chi connectivity index (χ0v) is 13.2. The monoisotopic (exact) mass is 252 g/mol. The fourth-order valence-electron chi connectivity index (χ4n) is 1.18. The lowest BCUT2D eigenvalue weighted by Gasteiger charge is -2.27. The lowest BCUT2D eigenvalue weighted by molar-refractivity contribution is 0.414. The summed E-state index contributed by atoms with van der Waals surface area (Å²) in [6.07, 6.45) is 2.52. The molecule has 0 heterocycles. The van der Waals surface area contributed by atoms with E-state index >= 15 is 0 Å². The molecule has 1 N–H and O–H groups in total. The second-order valence-electron chi connectivity index (χ2n) is 4.70. The maximum atomic E-state index is 9.81. The molecule has 0 aliphatic rings. The van der Waals surface area contributed by atoms with E-state index in [2.05, 4.69) is 13.5 Å². The number of unbranched alkanes of at least 4 members (excludes halogenated alkanes) is 1. The standard InChI is InChI=1S/C9H25O2PSi2/c1-6-7-8-14(5,11-2)12-9-13(3,4)10/h10,12H,6-9H2,1-5H3. The molecule has 86 valence electrons. The third kappa shape index (κ3) is 7.13. The van der Waals surface area contributed by atoms with Gasteiger partial charge in [-0.25, -0.2) is 0 Å². The van der Waals surface area contributed by atoms with Crippen molar-refractivity contribution in [2.75, 3.05) is 12.9 Å². The Balaban J connectivity index is 3.98. The minimum atomic E-state index is -1.86. The van der Waals surface area contributed by atoms with Gasteiger partial charge in [0.2, 0.25) is 7.98 Å². The smallest absolute Gasteiger partial charge is 0.211 e. The molecule has 0 saturated heterocycles. The van der Waals surface area contributed by atoms with Crippen LogP contribution < -0.4 is 0 Å². The van der Waals surface area contributed by atoms with Crippen LogP contribution in [0.4, 0.5) is 0 Å². The third-order valence-corrected chi connectivity index (χ3v) is 14.7. The second kappa shape index (κ2) is 6.38. The SMILES string of the molecule is CCCC[Si](C)(OC)PC[Si](C)(C)O. The summed E-state index contributed by atoms with van der Waals surface area (Å²) in [4.78, 5) is 9.81. The Labute approximate surface area is 92.3 Å². The van der Waals surface area contributed by atoms with E-state index in [4.69, 9.17) is 4.43 Å². The van der Waals surface area contributed by atoms with E-state index in [1.54, 1.807) is 0 Å². The van der Waals surface area contributed by atoms with Gasteiger partial charge in [0.05, 0.1) is 0 Å². The Kier molecular flexibility index (Phi) is 6.74. The molecule has 14 heavy (non-hydrogen) atoms. The van der Waals surface area contributed by atoms with Gasteiger partial charge in [-0.2, -0.15) is 0 Å². The van der Waals surface area contributed by atoms with Crippen molar-refractivity contribution in [3.05, 3.63) is 0 Å². The molecule has 2 unspecified atom stereocenters. The van der Waals surface area contributed by atoms with Crippen LogP contribution >= 0.6 is 8.13 Å². The molecule has 0 aromatic heterocycles. The first-order chi connectivity index (χ1) is 6.33. The van der Waals surface area contributed by atoms with Crippen LogP contribution in [-0.2, 0) is 4.43 Å². The molecular weight excluding hydrogens is 227 g/mol. The highest BCUT2D eigenvalue weighted by Crippen LogP contribution is 2.34. The van der Waals surface area contributed by atoms with E-state index in [1.165, 1.54) is 18.9 Å². The van der Waals surface area contributed by atoms with E-state index in [9.17, 15) is 4.80 Å². The Morgan fingerprint density at radius 1 is 1.29 bits per heavy atom. The van der Waals surface area contributed by atoms with Crippen LogP contribution in [0.1, 0.15) is 19.8 Å². The summed E-state index contributed by atoms with van der Waals surface area (Å²) in [5, 5.41) is 0. The molecule has 0 radical (unpaired) electrons. The van der Waals surface area contributed by atoms with Crippen LogP contribution in [0.25, 0.3) is 0 Å². The summed E-state index contributed by atoms with van der Waals surface area (Å²) in [5.74, 6) is 1.02. The molecule has 2 atom stereocenters. The molecule has 0 aliphatic carbocycles. The molecule has 2 nitrogen and oxygen atoms in total. The van der Waals surface area contributed by atoms with Gasteiger partial charge in [-0.3, -0.25) is 0 Å². The fourth-order valence-corrected chi connectivity index (χ4v) is 14.7. The average molecular weight is 252 g/mol. The number of hydrogen-bond acceptors (Lipinski definition) is 2. The van der Waals surface area contributed by atoms with Crippen molar-refractivity contribution < 1.29 is 9.22 Å². The predicted molar refractivity (Wildman–Crippen MR) is 71.2 cm³/mol. The van der Waals surface area contributed by atoms with Gasteiger partial charge in [0.1, 0.15) is 0 Å². The molecule has 0 amide bonds. The van der Waals surface area contributed by atoms with Crippen LogP contribution in [0, 0.1) is 0 Å². The number of hydrogen-bond donors (Lipinski definition) is 1. The van der Waals surface area contributed by atoms with Gasteiger partial charge in [-0.15, -0.1) is 8.13 Å². The quantitative estimate of drug-likeness (QED) is 0.557. The summed E-state index contributed by atoms with van der Waals surface area (Å²) in [6, 6.07) is 1.25. The largest absolute Gasteiger partial charge is 0.432 e. The van der Waals surface area contributed by atoms with E-state index in [0.717, 1.165) is 13.9 Å². The summed E-state index contributed by atoms with van der Waals surface area (Å²) in [5.41, 5.74) is 0. The molecule has 0 rings (SSSR count). The lowest BCUT2D eigenvalue weighted by atomic mass is 10.4. The van der Waals surface area contributed by atoms with E-state index in [-0.39, 0.29) is 0 Å². The Hall–Kier alpha value is 0.784. The highest BCUT2D eigenvalue weighted by molar-refractivity contribution is 7.81. The van der Waals surface area contributed by atoms with Crippen LogP contribution in [0.15, 0.2) is 0 Å². The normalized spacial score (nSPS) is 17.6. The highest BCUT2D eigenvalue weighted by Gasteiger charge is 2.30. The zero-order valence-electron chi connectivity index (χ0n) is 10.2. The van der Waals surface area contributed by atoms with E-state index in [1.807, 2.05) is 20.2 Å². The van der Waals surface area contributed by atoms with Gasteiger partial charge in [0, 0.05) is 7.11 Å². The number of rotatable bonds is 7. The van der Waals surface area contributed by atoms with Gasteiger partial charge in [-0.1, -0.05) is 19.8 Å². The van der Waals surface area contributed by atoms with Crippen molar-refractivity contribution in [3.63, 3.8) is 0 Å². The van der Waals surface area contributed by atoms with Crippen molar-refractivity contribution in [2.24, 2.45) is 0 Å². The van der Waals surface area contributed by atoms with Crippen LogP contribution in [-0.4, -0.2) is 34.0 Å². The zero-order chi connectivity index (χ0) is 11.2. The summed E-state index contributed by atoms with van der Waals surface area (Å²) >= 11 is 0. The van der Waals surface area contributed by atoms with Crippen LogP contribution in [0.5, 0.6) is 0 Å². The summed E-state index contributed by atoms with van der Waals surface area (Å²) in [6.45, 7) is 8.56. The summed E-state index contributed by atoms with van der Waals surface area (Å²) < 4.78 is 5.70. The maximum Gasteiger partial charge on any atom is 0.211 e. The lowest BCUT2D eigenvalue weighted by Crippen LogP contribution is -2.35. The van der Waals surface area contributed by atoms with Crippen LogP contribution in [0.3, 0.4) is 0 Å². The minimum Gasteiger partial charge on any atom is -0.432 e. The van der Waals surface area contributed by atoms with Gasteiger partial charge >= 0.3 is 0 Å². The Bertz CT molecular complexity index is 161. The molecule has 0 aromatic rings. The molecule has 0 aromatic carbocycles. The van der Waals surface area contributed by atoms with Crippen molar-refractivity contribution in [1.82, 2.24) is 0 Å². The molecular formula is C9H25O2PSi2. The Morgan fingerprint density at radius 3 is 2.21 bits per heavy atom. The first-order valence-corrected chi connectivity index (χ1v) is 13.3. The maximum absolute atomic E-state index is 9.81. The molecule has 0 bridgehead atoms. The van der Waals surface area contributed by atoms with Gasteiger partial charge in [0.15, 0.2) is 8.32 Å². The predicted octanol–water partition coefficient (Wildman–Crippen LogP) is 2.92. The van der Waals surface area contributed by atoms with E-state index < -0.39 is 16.3 Å². The minimum absolute atomic E-state index is 0.866. The second-order valence-corrected chi connectivity index (χ2v) is 17.7.